The van der Waals surface area contributed by atoms with Gasteiger partial charge in [0.05, 0.1) is 21.8 Å². The fraction of sp³-hybridized carbons (Fsp3) is 0.600. The SMILES string of the molecule is Cc1c(CCOC(=O)C23C[C@@H]4C[C@@H](CC(C)(C4)C2)C3)sc[n+]1Cc1ccc([N+](=O)[O-])cc1. The van der Waals surface area contributed by atoms with Crippen LogP contribution >= 0.6 is 11.3 Å². The van der Waals surface area contributed by atoms with E-state index in [1.54, 1.807) is 35.6 Å². The van der Waals surface area contributed by atoms with E-state index in [1.165, 1.54) is 24.1 Å². The van der Waals surface area contributed by atoms with Gasteiger partial charge in [-0.15, -0.1) is 0 Å². The van der Waals surface area contributed by atoms with Crippen molar-refractivity contribution >= 4 is 23.0 Å². The van der Waals surface area contributed by atoms with Crippen LogP contribution in [0.5, 0.6) is 0 Å². The first-order chi connectivity index (χ1) is 15.3. The second-order valence-corrected chi connectivity index (χ2v) is 11.7. The molecule has 0 amide bonds. The van der Waals surface area contributed by atoms with Crippen LogP contribution < -0.4 is 4.57 Å². The Hall–Kier alpha value is -2.28. The summed E-state index contributed by atoms with van der Waals surface area (Å²) in [6, 6.07) is 6.69. The number of thiazole rings is 1. The van der Waals surface area contributed by atoms with E-state index in [-0.39, 0.29) is 22.0 Å². The molecule has 4 aliphatic rings. The zero-order valence-electron chi connectivity index (χ0n) is 18.8. The summed E-state index contributed by atoms with van der Waals surface area (Å²) < 4.78 is 8.04. The number of nitro benzene ring substituents is 1. The van der Waals surface area contributed by atoms with Gasteiger partial charge in [0, 0.05) is 31.0 Å². The lowest BCUT2D eigenvalue weighted by molar-refractivity contribution is -0.689. The van der Waals surface area contributed by atoms with Crippen LogP contribution in [0.15, 0.2) is 29.8 Å². The summed E-state index contributed by atoms with van der Waals surface area (Å²) in [6.45, 7) is 5.57. The average Bonchev–Trinajstić information content (AvgIpc) is 3.06. The lowest BCUT2D eigenvalue weighted by Gasteiger charge is -2.59. The van der Waals surface area contributed by atoms with Gasteiger partial charge in [0.25, 0.3) is 5.69 Å². The number of carbonyl (C=O) groups excluding carboxylic acids is 1. The molecule has 2 aromatic rings. The highest BCUT2D eigenvalue weighted by Gasteiger charge is 2.59. The molecule has 4 fully saturated rings. The molecule has 0 N–H and O–H groups in total. The zero-order valence-corrected chi connectivity index (χ0v) is 19.7. The minimum atomic E-state index is -0.379. The van der Waals surface area contributed by atoms with E-state index in [4.69, 9.17) is 4.74 Å². The molecule has 4 aliphatic carbocycles. The van der Waals surface area contributed by atoms with Crippen molar-refractivity contribution in [1.82, 2.24) is 0 Å². The number of benzene rings is 1. The molecule has 1 aromatic heterocycles. The van der Waals surface area contributed by atoms with Gasteiger partial charge in [0.1, 0.15) is 0 Å². The Kier molecular flexibility index (Phi) is 5.35. The van der Waals surface area contributed by atoms with Gasteiger partial charge < -0.3 is 4.74 Å². The fourth-order valence-electron chi connectivity index (χ4n) is 7.12. The third-order valence-corrected chi connectivity index (χ3v) is 9.15. The van der Waals surface area contributed by atoms with Crippen molar-refractivity contribution < 1.29 is 19.0 Å². The minimum Gasteiger partial charge on any atom is -0.465 e. The Bertz CT molecular complexity index is 1030. The standard InChI is InChI=1S/C25H31N2O4S/c1-17-22(32-16-26(17)14-18-3-5-21(6-4-18)27(29)30)7-8-31-23(28)25-12-19-9-20(13-25)11-24(2,10-19)15-25/h3-6,16,19-20H,7-15H2,1-2H3/q+1/t19-,20+,24?,25?. The second-order valence-electron chi connectivity index (χ2n) is 10.7. The van der Waals surface area contributed by atoms with Gasteiger partial charge in [-0.1, -0.05) is 18.3 Å². The van der Waals surface area contributed by atoms with Gasteiger partial charge >= 0.3 is 5.97 Å². The quantitative estimate of drug-likeness (QED) is 0.255. The predicted octanol–water partition coefficient (Wildman–Crippen LogP) is 4.99. The molecule has 4 bridgehead atoms. The number of nitrogens with zero attached hydrogens (tertiary/aromatic N) is 2. The maximum atomic E-state index is 13.2. The molecule has 2 unspecified atom stereocenters. The monoisotopic (exact) mass is 455 g/mol. The average molecular weight is 456 g/mol. The highest BCUT2D eigenvalue weighted by molar-refractivity contribution is 7.09. The van der Waals surface area contributed by atoms with Crippen molar-refractivity contribution in [3.8, 4) is 0 Å². The maximum Gasteiger partial charge on any atom is 0.312 e. The van der Waals surface area contributed by atoms with E-state index in [0.717, 1.165) is 36.9 Å². The van der Waals surface area contributed by atoms with E-state index in [1.807, 2.05) is 0 Å². The van der Waals surface area contributed by atoms with Gasteiger partial charge in [0.2, 0.25) is 5.51 Å². The molecule has 0 spiro atoms. The van der Waals surface area contributed by atoms with Gasteiger partial charge in [-0.2, -0.15) is 4.57 Å². The summed E-state index contributed by atoms with van der Waals surface area (Å²) in [7, 11) is 0. The zero-order chi connectivity index (χ0) is 22.5. The molecule has 0 radical (unpaired) electrons. The van der Waals surface area contributed by atoms with Crippen LogP contribution in [0.2, 0.25) is 0 Å². The Morgan fingerprint density at radius 2 is 1.91 bits per heavy atom. The Balaban J connectivity index is 1.18. The van der Waals surface area contributed by atoms with E-state index in [9.17, 15) is 14.9 Å². The van der Waals surface area contributed by atoms with Crippen molar-refractivity contribution in [2.24, 2.45) is 22.7 Å². The van der Waals surface area contributed by atoms with Crippen molar-refractivity contribution in [3.63, 3.8) is 0 Å². The molecular weight excluding hydrogens is 424 g/mol. The first-order valence-electron chi connectivity index (χ1n) is 11.6. The first-order valence-corrected chi connectivity index (χ1v) is 12.5. The highest BCUT2D eigenvalue weighted by atomic mass is 32.1. The minimum absolute atomic E-state index is 0.0470. The highest BCUT2D eigenvalue weighted by Crippen LogP contribution is 2.65. The molecule has 1 heterocycles. The van der Waals surface area contributed by atoms with Crippen LogP contribution in [-0.4, -0.2) is 17.5 Å². The van der Waals surface area contributed by atoms with E-state index < -0.39 is 0 Å². The molecular formula is C25H31N2O4S+. The topological polar surface area (TPSA) is 73.3 Å². The summed E-state index contributed by atoms with van der Waals surface area (Å²) in [5.74, 6) is 1.48. The fourth-order valence-corrected chi connectivity index (χ4v) is 8.09. The maximum absolute atomic E-state index is 13.2. The van der Waals surface area contributed by atoms with Crippen LogP contribution in [0.4, 0.5) is 5.69 Å². The van der Waals surface area contributed by atoms with Crippen LogP contribution in [0.25, 0.3) is 0 Å². The molecule has 6 nitrogen and oxygen atoms in total. The van der Waals surface area contributed by atoms with Gasteiger partial charge in [-0.3, -0.25) is 14.9 Å². The number of rotatable bonds is 7. The molecule has 170 valence electrons. The number of carbonyl (C=O) groups is 1. The number of ether oxygens (including phenoxy) is 1. The number of non-ortho nitro benzene ring substituents is 1. The summed E-state index contributed by atoms with van der Waals surface area (Å²) in [5.41, 5.74) is 4.49. The van der Waals surface area contributed by atoms with Crippen LogP contribution in [-0.2, 0) is 22.5 Å². The first kappa shape index (κ1) is 21.6. The van der Waals surface area contributed by atoms with E-state index >= 15 is 0 Å². The van der Waals surface area contributed by atoms with Gasteiger partial charge in [-0.05, 0) is 67.9 Å². The number of hydrogen-bond donors (Lipinski definition) is 0. The Morgan fingerprint density at radius 1 is 1.22 bits per heavy atom. The smallest absolute Gasteiger partial charge is 0.312 e. The van der Waals surface area contributed by atoms with Crippen LogP contribution in [0, 0.1) is 39.7 Å². The summed E-state index contributed by atoms with van der Waals surface area (Å²) in [6.07, 6.45) is 7.71. The molecule has 4 saturated carbocycles. The molecule has 0 saturated heterocycles. The van der Waals surface area contributed by atoms with Crippen LogP contribution in [0.3, 0.4) is 0 Å². The molecule has 32 heavy (non-hydrogen) atoms. The second kappa shape index (κ2) is 7.94. The Labute approximate surface area is 192 Å². The van der Waals surface area contributed by atoms with E-state index in [0.29, 0.717) is 30.4 Å². The van der Waals surface area contributed by atoms with Gasteiger partial charge in [0.15, 0.2) is 12.2 Å². The Morgan fingerprint density at radius 3 is 2.53 bits per heavy atom. The summed E-state index contributed by atoms with van der Waals surface area (Å²) >= 11 is 1.68. The molecule has 4 atom stereocenters. The third kappa shape index (κ3) is 3.96. The van der Waals surface area contributed by atoms with Crippen molar-refractivity contribution in [2.75, 3.05) is 6.61 Å². The molecule has 0 aliphatic heterocycles. The molecule has 1 aromatic carbocycles. The largest absolute Gasteiger partial charge is 0.465 e. The molecule has 7 heteroatoms. The normalized spacial score (nSPS) is 30.4. The van der Waals surface area contributed by atoms with Crippen LogP contribution in [0.1, 0.15) is 61.6 Å². The summed E-state index contributed by atoms with van der Waals surface area (Å²) in [5, 5.41) is 10.8. The predicted molar refractivity (Wildman–Crippen MR) is 121 cm³/mol. The lowest BCUT2D eigenvalue weighted by Crippen LogP contribution is -2.54. The number of esters is 1. The van der Waals surface area contributed by atoms with E-state index in [2.05, 4.69) is 23.9 Å². The number of aromatic nitrogens is 1. The van der Waals surface area contributed by atoms with Crippen molar-refractivity contribution in [2.45, 2.75) is 65.3 Å². The summed E-state index contributed by atoms with van der Waals surface area (Å²) in [4.78, 5) is 24.8. The van der Waals surface area contributed by atoms with Gasteiger partial charge in [-0.25, -0.2) is 0 Å². The van der Waals surface area contributed by atoms with Crippen molar-refractivity contribution in [3.05, 3.63) is 56.0 Å². The van der Waals surface area contributed by atoms with Crippen molar-refractivity contribution in [1.29, 1.82) is 0 Å². The molecule has 6 rings (SSSR count). The lowest BCUT2D eigenvalue weighted by atomic mass is 9.44. The third-order valence-electron chi connectivity index (χ3n) is 8.01. The number of hydrogen-bond acceptors (Lipinski definition) is 5. The number of nitro groups is 1.